The molecule has 32 heavy (non-hydrogen) atoms. The number of ether oxygens (including phenoxy) is 1. The number of anilines is 1. The maximum absolute atomic E-state index is 13.0. The van der Waals surface area contributed by atoms with Crippen LogP contribution in [0.4, 0.5) is 15.8 Å². The number of para-hydroxylation sites is 1. The SMILES string of the molecule is O=C1NN(c2ccccc2)C(=O)C1=Cc1ccc(OCc2ccc(F)cc2)c([N+](=O)[O-])c1. The van der Waals surface area contributed by atoms with E-state index in [1.807, 2.05) is 0 Å². The lowest BCUT2D eigenvalue weighted by atomic mass is 10.1. The molecule has 0 atom stereocenters. The van der Waals surface area contributed by atoms with Crippen LogP contribution < -0.4 is 15.2 Å². The van der Waals surface area contributed by atoms with Crippen LogP contribution in [0.3, 0.4) is 0 Å². The van der Waals surface area contributed by atoms with Crippen LogP contribution in [0.1, 0.15) is 11.1 Å². The molecule has 4 rings (SSSR count). The van der Waals surface area contributed by atoms with Gasteiger partial charge >= 0.3 is 5.69 Å². The molecule has 9 heteroatoms. The Morgan fingerprint density at radius 2 is 1.75 bits per heavy atom. The molecule has 0 bridgehead atoms. The lowest BCUT2D eigenvalue weighted by Crippen LogP contribution is -2.35. The summed E-state index contributed by atoms with van der Waals surface area (Å²) < 4.78 is 18.5. The lowest BCUT2D eigenvalue weighted by Gasteiger charge is -2.13. The first-order valence-electron chi connectivity index (χ1n) is 9.50. The summed E-state index contributed by atoms with van der Waals surface area (Å²) in [5.41, 5.74) is 3.42. The van der Waals surface area contributed by atoms with Crippen molar-refractivity contribution in [2.24, 2.45) is 0 Å². The van der Waals surface area contributed by atoms with Gasteiger partial charge in [-0.1, -0.05) is 36.4 Å². The van der Waals surface area contributed by atoms with Crippen molar-refractivity contribution in [3.8, 4) is 5.75 Å². The Hall–Kier alpha value is -4.53. The van der Waals surface area contributed by atoms with Gasteiger partial charge in [0.05, 0.1) is 10.6 Å². The fourth-order valence-corrected chi connectivity index (χ4v) is 3.11. The van der Waals surface area contributed by atoms with E-state index >= 15 is 0 Å². The van der Waals surface area contributed by atoms with Crippen molar-refractivity contribution >= 4 is 29.3 Å². The molecule has 1 aliphatic rings. The van der Waals surface area contributed by atoms with Gasteiger partial charge in [0.1, 0.15) is 18.0 Å². The molecule has 1 saturated heterocycles. The fraction of sp³-hybridized carbons (Fsp3) is 0.0435. The van der Waals surface area contributed by atoms with Gasteiger partial charge in [-0.2, -0.15) is 0 Å². The second-order valence-corrected chi connectivity index (χ2v) is 6.87. The Kier molecular flexibility index (Phi) is 5.63. The Bertz CT molecular complexity index is 1230. The molecule has 1 N–H and O–H groups in total. The molecule has 0 spiro atoms. The van der Waals surface area contributed by atoms with E-state index in [4.69, 9.17) is 4.74 Å². The number of rotatable bonds is 6. The van der Waals surface area contributed by atoms with Crippen molar-refractivity contribution in [3.05, 3.63) is 105 Å². The second kappa shape index (κ2) is 8.68. The summed E-state index contributed by atoms with van der Waals surface area (Å²) in [6.07, 6.45) is 1.29. The first kappa shape index (κ1) is 20.7. The molecule has 1 fully saturated rings. The van der Waals surface area contributed by atoms with Crippen molar-refractivity contribution in [1.82, 2.24) is 5.43 Å². The third-order valence-electron chi connectivity index (χ3n) is 4.70. The van der Waals surface area contributed by atoms with Crippen LogP contribution in [0.15, 0.2) is 78.4 Å². The first-order chi connectivity index (χ1) is 15.4. The Balaban J connectivity index is 1.57. The number of hydrogen-bond donors (Lipinski definition) is 1. The molecule has 3 aromatic rings. The predicted octanol–water partition coefficient (Wildman–Crippen LogP) is 3.77. The van der Waals surface area contributed by atoms with Crippen LogP contribution in [0, 0.1) is 15.9 Å². The highest BCUT2D eigenvalue weighted by Crippen LogP contribution is 2.30. The molecule has 2 amide bonds. The van der Waals surface area contributed by atoms with Crippen LogP contribution >= 0.6 is 0 Å². The van der Waals surface area contributed by atoms with Crippen LogP contribution in [-0.2, 0) is 16.2 Å². The fourth-order valence-electron chi connectivity index (χ4n) is 3.11. The topological polar surface area (TPSA) is 102 Å². The normalized spacial score (nSPS) is 14.5. The zero-order valence-corrected chi connectivity index (χ0v) is 16.5. The van der Waals surface area contributed by atoms with Gasteiger partial charge < -0.3 is 4.74 Å². The van der Waals surface area contributed by atoms with E-state index in [-0.39, 0.29) is 23.6 Å². The molecule has 3 aromatic carbocycles. The molecule has 0 radical (unpaired) electrons. The second-order valence-electron chi connectivity index (χ2n) is 6.87. The van der Waals surface area contributed by atoms with E-state index in [9.17, 15) is 24.1 Å². The van der Waals surface area contributed by atoms with Crippen LogP contribution in [0.2, 0.25) is 0 Å². The van der Waals surface area contributed by atoms with E-state index in [0.717, 1.165) is 5.01 Å². The molecule has 0 aliphatic carbocycles. The summed E-state index contributed by atoms with van der Waals surface area (Å²) in [6.45, 7) is 0.00842. The maximum Gasteiger partial charge on any atom is 0.311 e. The number of nitro groups is 1. The Morgan fingerprint density at radius 3 is 2.44 bits per heavy atom. The number of amides is 2. The number of carbonyl (C=O) groups is 2. The van der Waals surface area contributed by atoms with Crippen molar-refractivity contribution in [2.45, 2.75) is 6.61 Å². The molecular formula is C23H16FN3O5. The van der Waals surface area contributed by atoms with Crippen LogP contribution in [-0.4, -0.2) is 16.7 Å². The third kappa shape index (κ3) is 4.31. The maximum atomic E-state index is 13.0. The van der Waals surface area contributed by atoms with Crippen molar-refractivity contribution < 1.29 is 23.6 Å². The highest BCUT2D eigenvalue weighted by Gasteiger charge is 2.34. The van der Waals surface area contributed by atoms with E-state index in [1.54, 1.807) is 30.3 Å². The van der Waals surface area contributed by atoms with Gasteiger partial charge in [-0.3, -0.25) is 25.1 Å². The smallest absolute Gasteiger partial charge is 0.311 e. The first-order valence-corrected chi connectivity index (χ1v) is 9.50. The summed E-state index contributed by atoms with van der Waals surface area (Å²) in [6, 6.07) is 18.3. The Labute approximate surface area is 181 Å². The number of hydrogen-bond acceptors (Lipinski definition) is 5. The van der Waals surface area contributed by atoms with Gasteiger partial charge in [0.25, 0.3) is 11.8 Å². The van der Waals surface area contributed by atoms with Crippen LogP contribution in [0.25, 0.3) is 6.08 Å². The monoisotopic (exact) mass is 433 g/mol. The number of carbonyl (C=O) groups excluding carboxylic acids is 2. The average Bonchev–Trinajstić information content (AvgIpc) is 3.08. The molecule has 1 aliphatic heterocycles. The molecule has 160 valence electrons. The molecular weight excluding hydrogens is 417 g/mol. The third-order valence-corrected chi connectivity index (χ3v) is 4.70. The van der Waals surface area contributed by atoms with Crippen molar-refractivity contribution in [3.63, 3.8) is 0 Å². The largest absolute Gasteiger partial charge is 0.482 e. The number of hydrazine groups is 1. The number of benzene rings is 3. The van der Waals surface area contributed by atoms with Crippen molar-refractivity contribution in [2.75, 3.05) is 5.01 Å². The van der Waals surface area contributed by atoms with Crippen LogP contribution in [0.5, 0.6) is 5.75 Å². The van der Waals surface area contributed by atoms with Gasteiger partial charge in [-0.05, 0) is 47.5 Å². The molecule has 8 nitrogen and oxygen atoms in total. The number of halogens is 1. The van der Waals surface area contributed by atoms with E-state index in [1.165, 1.54) is 48.5 Å². The highest BCUT2D eigenvalue weighted by molar-refractivity contribution is 6.31. The molecule has 0 unspecified atom stereocenters. The summed E-state index contributed by atoms with van der Waals surface area (Å²) >= 11 is 0. The minimum absolute atomic E-state index is 0.00842. The zero-order valence-electron chi connectivity index (χ0n) is 16.5. The minimum atomic E-state index is -0.616. The van der Waals surface area contributed by atoms with Crippen molar-refractivity contribution in [1.29, 1.82) is 0 Å². The number of nitrogens with one attached hydrogen (secondary N) is 1. The summed E-state index contributed by atoms with van der Waals surface area (Å²) in [5, 5.41) is 12.6. The van der Waals surface area contributed by atoms with Gasteiger partial charge in [-0.15, -0.1) is 0 Å². The standard InChI is InChI=1S/C23H16FN3O5/c24-17-9-6-15(7-10-17)14-32-21-11-8-16(13-20(21)27(30)31)12-19-22(28)25-26(23(19)29)18-4-2-1-3-5-18/h1-13H,14H2,(H,25,28). The van der Waals surface area contributed by atoms with Gasteiger partial charge in [0.15, 0.2) is 5.75 Å². The highest BCUT2D eigenvalue weighted by atomic mass is 19.1. The number of nitrogens with zero attached hydrogens (tertiary/aromatic N) is 2. The summed E-state index contributed by atoms with van der Waals surface area (Å²) in [4.78, 5) is 35.9. The zero-order chi connectivity index (χ0) is 22.7. The van der Waals surface area contributed by atoms with Gasteiger partial charge in [0.2, 0.25) is 0 Å². The molecule has 0 saturated carbocycles. The number of nitro benzene ring substituents is 1. The van der Waals surface area contributed by atoms with E-state index in [2.05, 4.69) is 5.43 Å². The van der Waals surface area contributed by atoms with E-state index < -0.39 is 22.6 Å². The lowest BCUT2D eigenvalue weighted by molar-refractivity contribution is -0.386. The Morgan fingerprint density at radius 1 is 1.03 bits per heavy atom. The predicted molar refractivity (Wildman–Crippen MR) is 114 cm³/mol. The van der Waals surface area contributed by atoms with Gasteiger partial charge in [-0.25, -0.2) is 9.40 Å². The summed E-state index contributed by atoms with van der Waals surface area (Å²) in [5.74, 6) is -1.57. The van der Waals surface area contributed by atoms with Gasteiger partial charge in [0, 0.05) is 6.07 Å². The molecule has 0 aromatic heterocycles. The van der Waals surface area contributed by atoms with E-state index in [0.29, 0.717) is 16.8 Å². The summed E-state index contributed by atoms with van der Waals surface area (Å²) in [7, 11) is 0. The minimum Gasteiger partial charge on any atom is -0.482 e. The molecule has 1 heterocycles. The average molecular weight is 433 g/mol. The quantitative estimate of drug-likeness (QED) is 0.276.